The lowest BCUT2D eigenvalue weighted by Gasteiger charge is -2.21. The minimum absolute atomic E-state index is 0.0273. The van der Waals surface area contributed by atoms with Crippen molar-refractivity contribution < 1.29 is 23.1 Å². The molecular weight excluding hydrogens is 476 g/mol. The highest BCUT2D eigenvalue weighted by atomic mass is 32.2. The fraction of sp³-hybridized carbons (Fsp3) is 0.500. The van der Waals surface area contributed by atoms with Crippen LogP contribution in [0, 0.1) is 0 Å². The quantitative estimate of drug-likeness (QED) is 0.468. The number of carbonyl (C=O) groups is 1. The van der Waals surface area contributed by atoms with Gasteiger partial charge in [0, 0.05) is 19.0 Å². The van der Waals surface area contributed by atoms with Crippen LogP contribution in [0.25, 0.3) is 22.4 Å². The highest BCUT2D eigenvalue weighted by Gasteiger charge is 2.30. The van der Waals surface area contributed by atoms with Crippen molar-refractivity contribution in [2.75, 3.05) is 19.4 Å². The van der Waals surface area contributed by atoms with Crippen LogP contribution in [0.1, 0.15) is 38.8 Å². The van der Waals surface area contributed by atoms with Crippen molar-refractivity contribution in [1.29, 1.82) is 0 Å². The summed E-state index contributed by atoms with van der Waals surface area (Å²) >= 11 is 0. The van der Waals surface area contributed by atoms with Gasteiger partial charge in [0.2, 0.25) is 5.88 Å². The van der Waals surface area contributed by atoms with Crippen LogP contribution in [0.3, 0.4) is 0 Å². The third-order valence-electron chi connectivity index (χ3n) is 5.96. The average Bonchev–Trinajstić information content (AvgIpc) is 3.42. The summed E-state index contributed by atoms with van der Waals surface area (Å²) in [5, 5.41) is 14.0. The molecule has 35 heavy (non-hydrogen) atoms. The number of hydrogen-bond acceptors (Lipinski definition) is 8. The number of rotatable bonds is 8. The molecule has 1 saturated heterocycles. The lowest BCUT2D eigenvalue weighted by molar-refractivity contribution is 0.135. The second-order valence-corrected chi connectivity index (χ2v) is 10.5. The molecule has 4 rings (SSSR count). The first-order valence-corrected chi connectivity index (χ1v) is 13.4. The molecule has 0 aromatic carbocycles. The van der Waals surface area contributed by atoms with Crippen molar-refractivity contribution >= 4 is 27.0 Å². The number of sulfone groups is 1. The smallest absolute Gasteiger partial charge is 0.407 e. The van der Waals surface area contributed by atoms with E-state index in [-0.39, 0.29) is 40.3 Å². The highest BCUT2D eigenvalue weighted by Crippen LogP contribution is 2.29. The molecule has 0 bridgehead atoms. The molecule has 1 fully saturated rings. The normalized spacial score (nSPS) is 16.2. The van der Waals surface area contributed by atoms with E-state index in [2.05, 4.69) is 20.1 Å². The Morgan fingerprint density at radius 3 is 2.77 bits per heavy atom. The minimum atomic E-state index is -3.56. The maximum Gasteiger partial charge on any atom is 0.407 e. The summed E-state index contributed by atoms with van der Waals surface area (Å²) in [5.74, 6) is 0.282. The van der Waals surface area contributed by atoms with Crippen molar-refractivity contribution in [2.24, 2.45) is 0 Å². The highest BCUT2D eigenvalue weighted by molar-refractivity contribution is 7.90. The molecule has 2 N–H and O–H groups in total. The molecular formula is C22H28N6O6S. The lowest BCUT2D eigenvalue weighted by atomic mass is 10.2. The molecule has 1 aliphatic heterocycles. The maximum atomic E-state index is 13.3. The second-order valence-electron chi connectivity index (χ2n) is 8.51. The van der Waals surface area contributed by atoms with E-state index in [1.807, 2.05) is 13.8 Å². The standard InChI is InChI=1S/C22H28N6O6S/c1-4-9-34-21-15(10-14(11-23-21)35(3,32)33)19-24-17-16(5-2)26-28(18(17)20(29)25-19)12-13-7-6-8-27(13)22(30)31/h10-11,13H,4-9,12H2,1-3H3,(H,30,31)(H,24,25,29)/t13-/m0/s1. The number of aryl methyl sites for hydroxylation is 1. The Labute approximate surface area is 201 Å². The minimum Gasteiger partial charge on any atom is -0.477 e. The zero-order chi connectivity index (χ0) is 25.3. The average molecular weight is 505 g/mol. The molecule has 0 saturated carbocycles. The molecule has 1 aliphatic rings. The molecule has 3 aromatic rings. The lowest BCUT2D eigenvalue weighted by Crippen LogP contribution is -2.37. The van der Waals surface area contributed by atoms with Gasteiger partial charge in [-0.05, 0) is 31.7 Å². The number of carboxylic acid groups (broad SMARTS) is 1. The largest absolute Gasteiger partial charge is 0.477 e. The van der Waals surface area contributed by atoms with Crippen molar-refractivity contribution in [2.45, 2.75) is 57.0 Å². The Morgan fingerprint density at radius 2 is 2.11 bits per heavy atom. The SMILES string of the molecule is CCCOc1ncc(S(C)(=O)=O)cc1-c1nc2c(CC)nn(C[C@@H]3CCCN3C(=O)O)c2c(=O)[nH]1. The number of amides is 1. The van der Waals surface area contributed by atoms with E-state index in [0.717, 1.165) is 12.7 Å². The van der Waals surface area contributed by atoms with Crippen LogP contribution in [0.4, 0.5) is 4.79 Å². The van der Waals surface area contributed by atoms with Gasteiger partial charge in [0.05, 0.1) is 35.3 Å². The zero-order valence-electron chi connectivity index (χ0n) is 19.8. The van der Waals surface area contributed by atoms with Gasteiger partial charge in [-0.2, -0.15) is 5.10 Å². The van der Waals surface area contributed by atoms with E-state index >= 15 is 0 Å². The summed E-state index contributed by atoms with van der Waals surface area (Å²) in [6.45, 7) is 4.85. The summed E-state index contributed by atoms with van der Waals surface area (Å²) in [6, 6.07) is 1.10. The van der Waals surface area contributed by atoms with Gasteiger partial charge < -0.3 is 19.7 Å². The van der Waals surface area contributed by atoms with Gasteiger partial charge in [0.15, 0.2) is 15.4 Å². The Balaban J connectivity index is 1.84. The summed E-state index contributed by atoms with van der Waals surface area (Å²) in [7, 11) is -3.56. The van der Waals surface area contributed by atoms with Crippen LogP contribution >= 0.6 is 0 Å². The summed E-state index contributed by atoms with van der Waals surface area (Å²) in [6.07, 6.45) is 3.92. The van der Waals surface area contributed by atoms with Gasteiger partial charge in [-0.15, -0.1) is 0 Å². The van der Waals surface area contributed by atoms with Crippen LogP contribution < -0.4 is 10.3 Å². The van der Waals surface area contributed by atoms with E-state index < -0.39 is 21.5 Å². The van der Waals surface area contributed by atoms with Gasteiger partial charge in [-0.25, -0.2) is 23.2 Å². The molecule has 188 valence electrons. The first kappa shape index (κ1) is 24.6. The monoisotopic (exact) mass is 504 g/mol. The van der Waals surface area contributed by atoms with Crippen molar-refractivity contribution in [1.82, 2.24) is 29.6 Å². The first-order valence-electron chi connectivity index (χ1n) is 11.5. The van der Waals surface area contributed by atoms with E-state index in [1.54, 1.807) is 0 Å². The Bertz CT molecular complexity index is 1430. The van der Waals surface area contributed by atoms with Gasteiger partial charge in [-0.3, -0.25) is 9.48 Å². The van der Waals surface area contributed by atoms with Crippen LogP contribution in [0.15, 0.2) is 22.0 Å². The van der Waals surface area contributed by atoms with Crippen LogP contribution in [-0.4, -0.2) is 74.7 Å². The number of hydrogen-bond donors (Lipinski definition) is 2. The molecule has 12 nitrogen and oxygen atoms in total. The molecule has 0 spiro atoms. The van der Waals surface area contributed by atoms with Crippen LogP contribution in [0.2, 0.25) is 0 Å². The Kier molecular flexibility index (Phi) is 6.79. The zero-order valence-corrected chi connectivity index (χ0v) is 20.6. The molecule has 0 aliphatic carbocycles. The van der Waals surface area contributed by atoms with Gasteiger partial charge in [-0.1, -0.05) is 13.8 Å². The van der Waals surface area contributed by atoms with Gasteiger partial charge in [0.25, 0.3) is 5.56 Å². The summed E-state index contributed by atoms with van der Waals surface area (Å²) < 4.78 is 31.5. The van der Waals surface area contributed by atoms with Crippen LogP contribution in [0.5, 0.6) is 5.88 Å². The number of fused-ring (bicyclic) bond motifs is 1. The Morgan fingerprint density at radius 1 is 1.34 bits per heavy atom. The third kappa shape index (κ3) is 4.85. The van der Waals surface area contributed by atoms with Crippen molar-refractivity contribution in [3.8, 4) is 17.3 Å². The first-order chi connectivity index (χ1) is 16.6. The molecule has 1 atom stereocenters. The number of likely N-dealkylation sites (tertiary alicyclic amines) is 1. The van der Waals surface area contributed by atoms with Gasteiger partial charge in [0.1, 0.15) is 11.3 Å². The predicted octanol–water partition coefficient (Wildman–Crippen LogP) is 2.08. The number of pyridine rings is 1. The van der Waals surface area contributed by atoms with Gasteiger partial charge >= 0.3 is 6.09 Å². The molecule has 4 heterocycles. The topological polar surface area (TPSA) is 160 Å². The second kappa shape index (κ2) is 9.64. The number of nitrogens with zero attached hydrogens (tertiary/aromatic N) is 5. The maximum absolute atomic E-state index is 13.3. The molecule has 13 heteroatoms. The fourth-order valence-electron chi connectivity index (χ4n) is 4.24. The summed E-state index contributed by atoms with van der Waals surface area (Å²) in [5.41, 5.74) is 0.977. The number of ether oxygens (including phenoxy) is 1. The Hall–Kier alpha value is -3.48. The molecule has 0 unspecified atom stereocenters. The molecule has 0 radical (unpaired) electrons. The number of aromatic amines is 1. The number of aromatic nitrogens is 5. The van der Waals surface area contributed by atoms with E-state index in [0.29, 0.717) is 43.6 Å². The number of H-pyrrole nitrogens is 1. The number of nitrogens with one attached hydrogen (secondary N) is 1. The predicted molar refractivity (Wildman–Crippen MR) is 127 cm³/mol. The van der Waals surface area contributed by atoms with Crippen molar-refractivity contribution in [3.05, 3.63) is 28.3 Å². The van der Waals surface area contributed by atoms with E-state index in [4.69, 9.17) is 4.74 Å². The van der Waals surface area contributed by atoms with E-state index in [9.17, 15) is 23.1 Å². The van der Waals surface area contributed by atoms with Crippen LogP contribution in [-0.2, 0) is 22.8 Å². The summed E-state index contributed by atoms with van der Waals surface area (Å²) in [4.78, 5) is 37.7. The molecule has 3 aromatic heterocycles. The van der Waals surface area contributed by atoms with E-state index in [1.165, 1.54) is 21.8 Å². The molecule has 1 amide bonds. The van der Waals surface area contributed by atoms with Crippen molar-refractivity contribution in [3.63, 3.8) is 0 Å². The third-order valence-corrected chi connectivity index (χ3v) is 7.04. The fourth-order valence-corrected chi connectivity index (χ4v) is 4.82.